The van der Waals surface area contributed by atoms with E-state index in [0.29, 0.717) is 0 Å². The highest BCUT2D eigenvalue weighted by atomic mass is 16.5. The van der Waals surface area contributed by atoms with Crippen LogP contribution in [0.5, 0.6) is 0 Å². The first kappa shape index (κ1) is 8.50. The second-order valence-corrected chi connectivity index (χ2v) is 1.98. The minimum absolute atomic E-state index is 0.132. The van der Waals surface area contributed by atoms with Gasteiger partial charge in [0.05, 0.1) is 12.4 Å². The first-order chi connectivity index (χ1) is 4.22. The van der Waals surface area contributed by atoms with Gasteiger partial charge >= 0.3 is 0 Å². The predicted molar refractivity (Wildman–Crippen MR) is 37.0 cm³/mol. The van der Waals surface area contributed by atoms with Crippen LogP contribution in [0.3, 0.4) is 0 Å². The Hall–Kier alpha value is -0.500. The van der Waals surface area contributed by atoms with E-state index in [0.717, 1.165) is 6.42 Å². The second kappa shape index (κ2) is 4.39. The number of ether oxygens (including phenoxy) is 1. The van der Waals surface area contributed by atoms with Gasteiger partial charge in [-0.2, -0.15) is 0 Å². The van der Waals surface area contributed by atoms with Gasteiger partial charge < -0.3 is 9.84 Å². The number of aliphatic hydroxyl groups excluding tert-OH is 1. The molecule has 2 heteroatoms. The maximum absolute atomic E-state index is 9.08. The van der Waals surface area contributed by atoms with E-state index >= 15 is 0 Å². The molecule has 0 bridgehead atoms. The summed E-state index contributed by atoms with van der Waals surface area (Å²) in [6.07, 6.45) is 1.56. The van der Waals surface area contributed by atoms with Gasteiger partial charge in [-0.25, -0.2) is 0 Å². The van der Waals surface area contributed by atoms with Gasteiger partial charge in [0, 0.05) is 0 Å². The van der Waals surface area contributed by atoms with E-state index in [-0.39, 0.29) is 12.2 Å². The highest BCUT2D eigenvalue weighted by molar-refractivity contribution is 4.64. The summed E-state index contributed by atoms with van der Waals surface area (Å²) in [6.45, 7) is 7.11. The Labute approximate surface area is 56.1 Å². The van der Waals surface area contributed by atoms with Crippen molar-refractivity contribution in [1.82, 2.24) is 0 Å². The van der Waals surface area contributed by atoms with E-state index < -0.39 is 0 Å². The van der Waals surface area contributed by atoms with Crippen LogP contribution in [0.25, 0.3) is 0 Å². The van der Waals surface area contributed by atoms with Gasteiger partial charge in [0.1, 0.15) is 6.10 Å². The van der Waals surface area contributed by atoms with E-state index in [1.165, 1.54) is 6.26 Å². The molecule has 0 rings (SSSR count). The van der Waals surface area contributed by atoms with Gasteiger partial charge in [-0.05, 0) is 13.3 Å². The molecule has 0 radical (unpaired) electrons. The normalized spacial score (nSPS) is 16.3. The molecule has 2 unspecified atom stereocenters. The Bertz CT molecular complexity index is 81.0. The lowest BCUT2D eigenvalue weighted by molar-refractivity contribution is 0.0190. The monoisotopic (exact) mass is 130 g/mol. The SMILES string of the molecule is C=COC(C)C(O)CC. The summed E-state index contributed by atoms with van der Waals surface area (Å²) in [4.78, 5) is 0. The van der Waals surface area contributed by atoms with Crippen molar-refractivity contribution in [2.24, 2.45) is 0 Å². The largest absolute Gasteiger partial charge is 0.496 e. The standard InChI is InChI=1S/C7H14O2/c1-4-7(8)6(3)9-5-2/h5-8H,2,4H2,1,3H3. The van der Waals surface area contributed by atoms with Crippen molar-refractivity contribution < 1.29 is 9.84 Å². The molecule has 0 fully saturated rings. The Morgan fingerprint density at radius 3 is 2.67 bits per heavy atom. The molecule has 2 atom stereocenters. The van der Waals surface area contributed by atoms with Crippen LogP contribution >= 0.6 is 0 Å². The van der Waals surface area contributed by atoms with Crippen LogP contribution in [-0.2, 0) is 4.74 Å². The average molecular weight is 130 g/mol. The van der Waals surface area contributed by atoms with Crippen molar-refractivity contribution in [3.63, 3.8) is 0 Å². The third kappa shape index (κ3) is 3.14. The lowest BCUT2D eigenvalue weighted by atomic mass is 10.2. The summed E-state index contributed by atoms with van der Waals surface area (Å²) in [6, 6.07) is 0. The van der Waals surface area contributed by atoms with E-state index in [1.807, 2.05) is 13.8 Å². The average Bonchev–Trinajstić information content (AvgIpc) is 1.87. The van der Waals surface area contributed by atoms with E-state index in [2.05, 4.69) is 6.58 Å². The zero-order valence-corrected chi connectivity index (χ0v) is 6.00. The zero-order chi connectivity index (χ0) is 7.28. The summed E-state index contributed by atoms with van der Waals surface area (Å²) in [7, 11) is 0. The molecule has 0 aliphatic rings. The molecule has 9 heavy (non-hydrogen) atoms. The number of rotatable bonds is 4. The van der Waals surface area contributed by atoms with Gasteiger partial charge in [-0.15, -0.1) is 0 Å². The highest BCUT2D eigenvalue weighted by Crippen LogP contribution is 2.01. The van der Waals surface area contributed by atoms with Crippen molar-refractivity contribution >= 4 is 0 Å². The molecule has 0 aromatic rings. The van der Waals surface area contributed by atoms with Gasteiger partial charge in [-0.3, -0.25) is 0 Å². The smallest absolute Gasteiger partial charge is 0.121 e. The molecule has 0 aliphatic heterocycles. The Morgan fingerprint density at radius 2 is 2.33 bits per heavy atom. The molecule has 2 nitrogen and oxygen atoms in total. The third-order valence-corrected chi connectivity index (χ3v) is 1.27. The molecular weight excluding hydrogens is 116 g/mol. The maximum atomic E-state index is 9.08. The van der Waals surface area contributed by atoms with Crippen LogP contribution in [0.4, 0.5) is 0 Å². The summed E-state index contributed by atoms with van der Waals surface area (Å²) in [5.41, 5.74) is 0. The molecule has 0 amide bonds. The summed E-state index contributed by atoms with van der Waals surface area (Å²) in [5, 5.41) is 9.08. The summed E-state index contributed by atoms with van der Waals surface area (Å²) in [5.74, 6) is 0. The van der Waals surface area contributed by atoms with Gasteiger partial charge in [0.25, 0.3) is 0 Å². The molecule has 54 valence electrons. The minimum atomic E-state index is -0.372. The lowest BCUT2D eigenvalue weighted by Crippen LogP contribution is -2.22. The molecule has 0 aromatic carbocycles. The second-order valence-electron chi connectivity index (χ2n) is 1.98. The van der Waals surface area contributed by atoms with Crippen LogP contribution in [-0.4, -0.2) is 17.3 Å². The van der Waals surface area contributed by atoms with Crippen LogP contribution in [0.2, 0.25) is 0 Å². The van der Waals surface area contributed by atoms with Crippen molar-refractivity contribution in [1.29, 1.82) is 0 Å². The van der Waals surface area contributed by atoms with Crippen LogP contribution in [0, 0.1) is 0 Å². The van der Waals surface area contributed by atoms with E-state index in [4.69, 9.17) is 9.84 Å². The quantitative estimate of drug-likeness (QED) is 0.581. The molecule has 1 N–H and O–H groups in total. The Balaban J connectivity index is 3.44. The summed E-state index contributed by atoms with van der Waals surface area (Å²) < 4.78 is 4.91. The van der Waals surface area contributed by atoms with E-state index in [1.54, 1.807) is 0 Å². The Morgan fingerprint density at radius 1 is 1.78 bits per heavy atom. The first-order valence-corrected chi connectivity index (χ1v) is 3.16. The fourth-order valence-electron chi connectivity index (χ4n) is 0.574. The summed E-state index contributed by atoms with van der Waals surface area (Å²) >= 11 is 0. The fourth-order valence-corrected chi connectivity index (χ4v) is 0.574. The lowest BCUT2D eigenvalue weighted by Gasteiger charge is -2.15. The van der Waals surface area contributed by atoms with Crippen LogP contribution < -0.4 is 0 Å². The number of hydrogen-bond acceptors (Lipinski definition) is 2. The van der Waals surface area contributed by atoms with Crippen molar-refractivity contribution in [3.8, 4) is 0 Å². The number of hydrogen-bond donors (Lipinski definition) is 1. The fraction of sp³-hybridized carbons (Fsp3) is 0.714. The molecule has 0 aliphatic carbocycles. The molecule has 0 saturated carbocycles. The zero-order valence-electron chi connectivity index (χ0n) is 6.00. The first-order valence-electron chi connectivity index (χ1n) is 3.16. The van der Waals surface area contributed by atoms with Crippen molar-refractivity contribution in [2.75, 3.05) is 0 Å². The minimum Gasteiger partial charge on any atom is -0.496 e. The van der Waals surface area contributed by atoms with Crippen LogP contribution in [0.15, 0.2) is 12.8 Å². The Kier molecular flexibility index (Phi) is 4.14. The molecule has 0 heterocycles. The molecule has 0 aromatic heterocycles. The highest BCUT2D eigenvalue weighted by Gasteiger charge is 2.10. The van der Waals surface area contributed by atoms with Crippen molar-refractivity contribution in [3.05, 3.63) is 12.8 Å². The predicted octanol–water partition coefficient (Wildman–Crippen LogP) is 1.31. The molecule has 0 saturated heterocycles. The van der Waals surface area contributed by atoms with Gasteiger partial charge in [0.15, 0.2) is 0 Å². The third-order valence-electron chi connectivity index (χ3n) is 1.27. The maximum Gasteiger partial charge on any atom is 0.121 e. The topological polar surface area (TPSA) is 29.5 Å². The molecular formula is C7H14O2. The van der Waals surface area contributed by atoms with Crippen LogP contribution in [0.1, 0.15) is 20.3 Å². The van der Waals surface area contributed by atoms with Gasteiger partial charge in [0.2, 0.25) is 0 Å². The molecule has 0 spiro atoms. The van der Waals surface area contributed by atoms with Crippen molar-refractivity contribution in [2.45, 2.75) is 32.5 Å². The number of aliphatic hydroxyl groups is 1. The van der Waals surface area contributed by atoms with E-state index in [9.17, 15) is 0 Å². The van der Waals surface area contributed by atoms with Gasteiger partial charge in [-0.1, -0.05) is 13.5 Å².